The second-order valence-electron chi connectivity index (χ2n) is 3.32. The van der Waals surface area contributed by atoms with Crippen LogP contribution in [0.4, 0.5) is 0 Å². The van der Waals surface area contributed by atoms with Crippen LogP contribution in [0, 0.1) is 0 Å². The number of hydrogen-bond acceptors (Lipinski definition) is 3. The third-order valence-corrected chi connectivity index (χ3v) is 2.60. The summed E-state index contributed by atoms with van der Waals surface area (Å²) in [7, 11) is 1.63. The van der Waals surface area contributed by atoms with Crippen LogP contribution in [0.5, 0.6) is 5.75 Å². The van der Waals surface area contributed by atoms with E-state index in [4.69, 9.17) is 9.47 Å². The van der Waals surface area contributed by atoms with E-state index in [2.05, 4.69) is 0 Å². The highest BCUT2D eigenvalue weighted by Gasteiger charge is 2.23. The van der Waals surface area contributed by atoms with Crippen LogP contribution in [0.1, 0.15) is 23.7 Å². The van der Waals surface area contributed by atoms with Crippen LogP contribution in [0.3, 0.4) is 0 Å². The molecule has 0 heterocycles. The number of hydrogen-bond donors (Lipinski definition) is 0. The highest BCUT2D eigenvalue weighted by molar-refractivity contribution is 5.44. The standard InChI is InChI=1S/C11H12O3/c1-13-9-4-2-8-3-5-11(14-7-12)10(8)6-9/h2,4,6-7,11H,3,5H2,1H3. The van der Waals surface area contributed by atoms with Gasteiger partial charge in [-0.3, -0.25) is 4.79 Å². The fourth-order valence-corrected chi connectivity index (χ4v) is 1.88. The SMILES string of the molecule is COc1ccc2c(c1)C(OC=O)CC2. The van der Waals surface area contributed by atoms with Crippen LogP contribution >= 0.6 is 0 Å². The zero-order valence-electron chi connectivity index (χ0n) is 8.03. The molecule has 14 heavy (non-hydrogen) atoms. The number of carbonyl (C=O) groups is 1. The lowest BCUT2D eigenvalue weighted by Crippen LogP contribution is -1.98. The Kier molecular flexibility index (Phi) is 2.39. The van der Waals surface area contributed by atoms with Crippen molar-refractivity contribution in [1.29, 1.82) is 0 Å². The molecule has 0 radical (unpaired) electrons. The molecule has 0 amide bonds. The molecule has 2 rings (SSSR count). The normalized spacial score (nSPS) is 18.8. The molecule has 3 heteroatoms. The lowest BCUT2D eigenvalue weighted by atomic mass is 10.1. The number of rotatable bonds is 3. The van der Waals surface area contributed by atoms with Crippen LogP contribution in [-0.2, 0) is 16.0 Å². The van der Waals surface area contributed by atoms with Gasteiger partial charge in [-0.2, -0.15) is 0 Å². The third kappa shape index (κ3) is 1.45. The van der Waals surface area contributed by atoms with Crippen molar-refractivity contribution in [3.63, 3.8) is 0 Å². The van der Waals surface area contributed by atoms with E-state index in [1.54, 1.807) is 7.11 Å². The van der Waals surface area contributed by atoms with Crippen LogP contribution in [0.15, 0.2) is 18.2 Å². The monoisotopic (exact) mass is 192 g/mol. The summed E-state index contributed by atoms with van der Waals surface area (Å²) in [5, 5.41) is 0. The van der Waals surface area contributed by atoms with Crippen molar-refractivity contribution < 1.29 is 14.3 Å². The maximum atomic E-state index is 10.3. The first-order valence-electron chi connectivity index (χ1n) is 4.61. The van der Waals surface area contributed by atoms with Gasteiger partial charge in [-0.15, -0.1) is 0 Å². The molecule has 0 bridgehead atoms. The highest BCUT2D eigenvalue weighted by atomic mass is 16.5. The molecule has 0 saturated heterocycles. The largest absolute Gasteiger partial charge is 0.497 e. The topological polar surface area (TPSA) is 35.5 Å². The minimum absolute atomic E-state index is 0.0856. The second-order valence-corrected chi connectivity index (χ2v) is 3.32. The average Bonchev–Trinajstić information content (AvgIpc) is 2.61. The van der Waals surface area contributed by atoms with Crippen molar-refractivity contribution in [3.05, 3.63) is 29.3 Å². The lowest BCUT2D eigenvalue weighted by Gasteiger charge is -2.10. The molecule has 1 atom stereocenters. The van der Waals surface area contributed by atoms with E-state index in [1.165, 1.54) is 5.56 Å². The second kappa shape index (κ2) is 3.70. The van der Waals surface area contributed by atoms with Gasteiger partial charge in [0.1, 0.15) is 11.9 Å². The molecule has 1 aliphatic carbocycles. The molecule has 1 aromatic rings. The van der Waals surface area contributed by atoms with Crippen molar-refractivity contribution in [1.82, 2.24) is 0 Å². The van der Waals surface area contributed by atoms with Gasteiger partial charge >= 0.3 is 0 Å². The van der Waals surface area contributed by atoms with Crippen LogP contribution < -0.4 is 4.74 Å². The summed E-state index contributed by atoms with van der Waals surface area (Å²) in [5.41, 5.74) is 2.33. The fraction of sp³-hybridized carbons (Fsp3) is 0.364. The third-order valence-electron chi connectivity index (χ3n) is 2.60. The van der Waals surface area contributed by atoms with E-state index >= 15 is 0 Å². The average molecular weight is 192 g/mol. The number of fused-ring (bicyclic) bond motifs is 1. The van der Waals surface area contributed by atoms with E-state index in [9.17, 15) is 4.79 Å². The van der Waals surface area contributed by atoms with E-state index in [0.29, 0.717) is 6.47 Å². The van der Waals surface area contributed by atoms with E-state index in [0.717, 1.165) is 24.2 Å². The lowest BCUT2D eigenvalue weighted by molar-refractivity contribution is -0.133. The number of methoxy groups -OCH3 is 1. The zero-order valence-corrected chi connectivity index (χ0v) is 8.03. The first kappa shape index (κ1) is 9.06. The molecule has 0 aliphatic heterocycles. The number of ether oxygens (including phenoxy) is 2. The van der Waals surface area contributed by atoms with Crippen molar-refractivity contribution in [2.24, 2.45) is 0 Å². The van der Waals surface area contributed by atoms with Gasteiger partial charge in [0.2, 0.25) is 0 Å². The Labute approximate surface area is 82.6 Å². The molecule has 1 unspecified atom stereocenters. The van der Waals surface area contributed by atoms with Crippen molar-refractivity contribution in [2.45, 2.75) is 18.9 Å². The summed E-state index contributed by atoms with van der Waals surface area (Å²) in [5.74, 6) is 0.810. The number of carbonyl (C=O) groups excluding carboxylic acids is 1. The Morgan fingerprint density at radius 3 is 3.07 bits per heavy atom. The Hall–Kier alpha value is -1.51. The maximum absolute atomic E-state index is 10.3. The van der Waals surface area contributed by atoms with Crippen LogP contribution in [0.2, 0.25) is 0 Å². The van der Waals surface area contributed by atoms with Gasteiger partial charge in [0.05, 0.1) is 7.11 Å². The molecule has 0 fully saturated rings. The van der Waals surface area contributed by atoms with E-state index in [-0.39, 0.29) is 6.10 Å². The smallest absolute Gasteiger partial charge is 0.293 e. The first-order valence-corrected chi connectivity index (χ1v) is 4.61. The molecule has 1 aromatic carbocycles. The van der Waals surface area contributed by atoms with Gasteiger partial charge in [-0.05, 0) is 36.1 Å². The molecule has 0 aromatic heterocycles. The summed E-state index contributed by atoms with van der Waals surface area (Å²) in [6.45, 7) is 0.513. The summed E-state index contributed by atoms with van der Waals surface area (Å²) in [4.78, 5) is 10.3. The van der Waals surface area contributed by atoms with Gasteiger partial charge in [-0.1, -0.05) is 6.07 Å². The van der Waals surface area contributed by atoms with Gasteiger partial charge in [0.25, 0.3) is 6.47 Å². The Balaban J connectivity index is 2.31. The number of aryl methyl sites for hydroxylation is 1. The van der Waals surface area contributed by atoms with Crippen molar-refractivity contribution in [2.75, 3.05) is 7.11 Å². The summed E-state index contributed by atoms with van der Waals surface area (Å²) >= 11 is 0. The van der Waals surface area contributed by atoms with Gasteiger partial charge in [0.15, 0.2) is 0 Å². The summed E-state index contributed by atoms with van der Waals surface area (Å²) in [6, 6.07) is 5.90. The van der Waals surface area contributed by atoms with Crippen molar-refractivity contribution in [3.8, 4) is 5.75 Å². The zero-order chi connectivity index (χ0) is 9.97. The quantitative estimate of drug-likeness (QED) is 0.685. The van der Waals surface area contributed by atoms with Crippen LogP contribution in [0.25, 0.3) is 0 Å². The Morgan fingerprint density at radius 2 is 2.36 bits per heavy atom. The highest BCUT2D eigenvalue weighted by Crippen LogP contribution is 2.35. The van der Waals surface area contributed by atoms with Gasteiger partial charge in [-0.25, -0.2) is 0 Å². The fourth-order valence-electron chi connectivity index (χ4n) is 1.88. The molecule has 1 aliphatic rings. The molecule has 3 nitrogen and oxygen atoms in total. The minimum atomic E-state index is -0.0856. The molecule has 0 N–H and O–H groups in total. The minimum Gasteiger partial charge on any atom is -0.497 e. The van der Waals surface area contributed by atoms with Crippen molar-refractivity contribution >= 4 is 6.47 Å². The van der Waals surface area contributed by atoms with Gasteiger partial charge < -0.3 is 9.47 Å². The Bertz CT molecular complexity index is 346. The molecule has 74 valence electrons. The predicted molar refractivity (Wildman–Crippen MR) is 51.2 cm³/mol. The molecular weight excluding hydrogens is 180 g/mol. The first-order chi connectivity index (χ1) is 6.85. The van der Waals surface area contributed by atoms with E-state index < -0.39 is 0 Å². The molecule has 0 saturated carbocycles. The summed E-state index contributed by atoms with van der Waals surface area (Å²) < 4.78 is 10.1. The van der Waals surface area contributed by atoms with Gasteiger partial charge in [0, 0.05) is 0 Å². The maximum Gasteiger partial charge on any atom is 0.293 e. The van der Waals surface area contributed by atoms with E-state index in [1.807, 2.05) is 18.2 Å². The number of benzene rings is 1. The Morgan fingerprint density at radius 1 is 1.50 bits per heavy atom. The summed E-state index contributed by atoms with van der Waals surface area (Å²) in [6.07, 6.45) is 1.76. The van der Waals surface area contributed by atoms with Crippen LogP contribution in [-0.4, -0.2) is 13.6 Å². The molecular formula is C11H12O3. The molecule has 0 spiro atoms. The predicted octanol–water partition coefficient (Wildman–Crippen LogP) is 1.86.